The van der Waals surface area contributed by atoms with E-state index in [1.807, 2.05) is 0 Å². The van der Waals surface area contributed by atoms with Gasteiger partial charge in [-0.1, -0.05) is 13.8 Å². The third-order valence-electron chi connectivity index (χ3n) is 4.15. The zero-order chi connectivity index (χ0) is 23.2. The molecule has 2 atom stereocenters. The molecule has 0 fully saturated rings. The third-order valence-corrected chi connectivity index (χ3v) is 9.69. The highest BCUT2D eigenvalue weighted by Gasteiger charge is 2.31. The number of hydrogen-bond donors (Lipinski definition) is 2. The molecule has 0 aliphatic carbocycles. The molecule has 0 bridgehead atoms. The molecule has 0 aromatic carbocycles. The quantitative estimate of drug-likeness (QED) is 0.182. The van der Waals surface area contributed by atoms with Gasteiger partial charge in [0, 0.05) is 31.7 Å². The first-order valence-electron chi connectivity index (χ1n) is 10.1. The maximum Gasteiger partial charge on any atom is 0.331 e. The summed E-state index contributed by atoms with van der Waals surface area (Å²) in [7, 11) is -6.24. The Morgan fingerprint density at radius 1 is 0.800 bits per heavy atom. The van der Waals surface area contributed by atoms with Crippen LogP contribution in [-0.2, 0) is 37.2 Å². The van der Waals surface area contributed by atoms with Crippen LogP contribution in [0.1, 0.15) is 27.7 Å². The van der Waals surface area contributed by atoms with Gasteiger partial charge in [0.15, 0.2) is 0 Å². The molecule has 12 heteroatoms. The fourth-order valence-electron chi connectivity index (χ4n) is 2.75. The summed E-state index contributed by atoms with van der Waals surface area (Å²) in [4.78, 5) is 24.1. The predicted molar refractivity (Wildman–Crippen MR) is 112 cm³/mol. The average molecular weight is 474 g/mol. The molecule has 0 aliphatic heterocycles. The summed E-state index contributed by atoms with van der Waals surface area (Å²) in [5, 5.41) is 18.1. The Hall–Kier alpha value is -0.760. The number of esters is 2. The normalized spacial score (nSPS) is 14.2. The summed E-state index contributed by atoms with van der Waals surface area (Å²) in [5.41, 5.74) is 0. The van der Waals surface area contributed by atoms with E-state index in [0.29, 0.717) is 0 Å². The summed E-state index contributed by atoms with van der Waals surface area (Å²) in [5.74, 6) is -2.64. The van der Waals surface area contributed by atoms with Crippen molar-refractivity contribution < 1.29 is 47.5 Å². The molecule has 0 spiro atoms. The van der Waals surface area contributed by atoms with E-state index in [0.717, 1.165) is 0 Å². The van der Waals surface area contributed by atoms with E-state index >= 15 is 0 Å². The maximum absolute atomic E-state index is 12.6. The van der Waals surface area contributed by atoms with Gasteiger partial charge in [-0.25, -0.2) is 0 Å². The van der Waals surface area contributed by atoms with E-state index in [1.54, 1.807) is 27.7 Å². The average Bonchev–Trinajstić information content (AvgIpc) is 2.65. The number of rotatable bonds is 17. The van der Waals surface area contributed by atoms with Crippen LogP contribution in [0.2, 0.25) is 0 Å². The number of aliphatic hydroxyl groups excluding tert-OH is 2. The van der Waals surface area contributed by atoms with E-state index in [2.05, 4.69) is 0 Å². The lowest BCUT2D eigenvalue weighted by Crippen LogP contribution is -2.24. The van der Waals surface area contributed by atoms with Crippen molar-refractivity contribution in [1.82, 2.24) is 0 Å². The van der Waals surface area contributed by atoms with Crippen LogP contribution in [0.15, 0.2) is 0 Å². The molecule has 2 N–H and O–H groups in total. The minimum atomic E-state index is -3.38. The Labute approximate surface area is 178 Å². The standard InChI is InChI=1S/C18H36O10P2/c1-5-27-30(24,28-6-2)14-16(4)18(22)26-10-9-25-17(21)15(3)13-29(23,11-7-19)12-8-20/h15-16,19-20H,5-14H2,1-4H3. The van der Waals surface area contributed by atoms with Crippen LogP contribution in [0.5, 0.6) is 0 Å². The minimum absolute atomic E-state index is 0.0217. The second-order valence-electron chi connectivity index (χ2n) is 6.90. The molecule has 0 radical (unpaired) electrons. The second-order valence-corrected chi connectivity index (χ2v) is 12.4. The molecule has 0 aromatic heterocycles. The fraction of sp³-hybridized carbons (Fsp3) is 0.889. The maximum atomic E-state index is 12.6. The Bertz CT molecular complexity index is 538. The Morgan fingerprint density at radius 3 is 1.57 bits per heavy atom. The second kappa shape index (κ2) is 15.1. The van der Waals surface area contributed by atoms with Crippen LogP contribution < -0.4 is 0 Å². The van der Waals surface area contributed by atoms with Crippen molar-refractivity contribution in [2.75, 3.05) is 64.3 Å². The zero-order valence-corrected chi connectivity index (χ0v) is 20.1. The van der Waals surface area contributed by atoms with Crippen LogP contribution in [0, 0.1) is 11.8 Å². The van der Waals surface area contributed by atoms with Crippen molar-refractivity contribution in [3.63, 3.8) is 0 Å². The van der Waals surface area contributed by atoms with Crippen molar-refractivity contribution in [3.05, 3.63) is 0 Å². The smallest absolute Gasteiger partial charge is 0.331 e. The van der Waals surface area contributed by atoms with Crippen molar-refractivity contribution >= 4 is 26.7 Å². The SMILES string of the molecule is CCOP(=O)(CC(C)C(=O)OCCOC(=O)C(C)CP(=O)(CCO)CCO)OCC. The number of carbonyl (C=O) groups excluding carboxylic acids is 2. The highest BCUT2D eigenvalue weighted by atomic mass is 31.2. The van der Waals surface area contributed by atoms with Crippen LogP contribution in [0.3, 0.4) is 0 Å². The lowest BCUT2D eigenvalue weighted by molar-refractivity contribution is -0.156. The molecular weight excluding hydrogens is 438 g/mol. The zero-order valence-electron chi connectivity index (χ0n) is 18.3. The summed E-state index contributed by atoms with van der Waals surface area (Å²) < 4.78 is 45.4. The molecule has 2 unspecified atom stereocenters. The predicted octanol–water partition coefficient (Wildman–Crippen LogP) is 1.96. The molecular formula is C18H36O10P2. The Morgan fingerprint density at radius 2 is 1.20 bits per heavy atom. The minimum Gasteiger partial charge on any atom is -0.462 e. The summed E-state index contributed by atoms with van der Waals surface area (Å²) in [6, 6.07) is 0. The first kappa shape index (κ1) is 29.2. The summed E-state index contributed by atoms with van der Waals surface area (Å²) in [6.45, 7) is 5.90. The van der Waals surface area contributed by atoms with Crippen molar-refractivity contribution in [3.8, 4) is 0 Å². The van der Waals surface area contributed by atoms with Gasteiger partial charge in [-0.15, -0.1) is 0 Å². The van der Waals surface area contributed by atoms with Gasteiger partial charge in [-0.2, -0.15) is 0 Å². The topological polar surface area (TPSA) is 146 Å². The van der Waals surface area contributed by atoms with E-state index in [1.165, 1.54) is 0 Å². The third kappa shape index (κ3) is 11.6. The van der Waals surface area contributed by atoms with Gasteiger partial charge in [0.1, 0.15) is 13.2 Å². The molecule has 0 aromatic rings. The molecule has 178 valence electrons. The molecule has 10 nitrogen and oxygen atoms in total. The first-order chi connectivity index (χ1) is 14.1. The number of hydrogen-bond acceptors (Lipinski definition) is 10. The molecule has 0 heterocycles. The molecule has 0 rings (SSSR count). The van der Waals surface area contributed by atoms with Gasteiger partial charge < -0.3 is 33.3 Å². The summed E-state index contributed by atoms with van der Waals surface area (Å²) >= 11 is 0. The fourth-order valence-corrected chi connectivity index (χ4v) is 7.10. The number of ether oxygens (including phenoxy) is 2. The molecule has 30 heavy (non-hydrogen) atoms. The van der Waals surface area contributed by atoms with E-state index in [9.17, 15) is 18.7 Å². The molecule has 0 saturated heterocycles. The highest BCUT2D eigenvalue weighted by molar-refractivity contribution is 7.64. The van der Waals surface area contributed by atoms with Crippen molar-refractivity contribution in [1.29, 1.82) is 0 Å². The Balaban J connectivity index is 4.42. The lowest BCUT2D eigenvalue weighted by atomic mass is 10.2. The van der Waals surface area contributed by atoms with E-state index in [4.69, 9.17) is 28.7 Å². The van der Waals surface area contributed by atoms with Gasteiger partial charge in [-0.05, 0) is 13.8 Å². The summed E-state index contributed by atoms with van der Waals surface area (Å²) in [6.07, 6.45) is -0.0225. The lowest BCUT2D eigenvalue weighted by Gasteiger charge is -2.20. The van der Waals surface area contributed by atoms with Gasteiger partial charge in [0.25, 0.3) is 0 Å². The van der Waals surface area contributed by atoms with E-state index in [-0.39, 0.29) is 64.3 Å². The highest BCUT2D eigenvalue weighted by Crippen LogP contribution is 2.49. The van der Waals surface area contributed by atoms with Crippen LogP contribution >= 0.6 is 14.7 Å². The number of carbonyl (C=O) groups is 2. The first-order valence-corrected chi connectivity index (χ1v) is 14.1. The largest absolute Gasteiger partial charge is 0.462 e. The Kier molecular flexibility index (Phi) is 14.7. The molecule has 0 amide bonds. The van der Waals surface area contributed by atoms with Crippen molar-refractivity contribution in [2.24, 2.45) is 11.8 Å². The van der Waals surface area contributed by atoms with E-state index < -0.39 is 38.5 Å². The van der Waals surface area contributed by atoms with Gasteiger partial charge in [0.2, 0.25) is 0 Å². The van der Waals surface area contributed by atoms with Crippen molar-refractivity contribution in [2.45, 2.75) is 27.7 Å². The number of aliphatic hydroxyl groups is 2. The molecule has 0 saturated carbocycles. The van der Waals surface area contributed by atoms with Crippen LogP contribution in [0.25, 0.3) is 0 Å². The van der Waals surface area contributed by atoms with Crippen LogP contribution in [-0.4, -0.2) is 86.4 Å². The monoisotopic (exact) mass is 474 g/mol. The van der Waals surface area contributed by atoms with Gasteiger partial charge in [-0.3, -0.25) is 14.2 Å². The van der Waals surface area contributed by atoms with Crippen LogP contribution in [0.4, 0.5) is 0 Å². The van der Waals surface area contributed by atoms with Gasteiger partial charge in [0.05, 0.1) is 38.4 Å². The molecule has 0 aliphatic rings. The van der Waals surface area contributed by atoms with Gasteiger partial charge >= 0.3 is 19.5 Å².